The normalized spacial score (nSPS) is 26.1. The lowest BCUT2D eigenvalue weighted by molar-refractivity contribution is 0.376. The monoisotopic (exact) mass is 285 g/mol. The van der Waals surface area contributed by atoms with Gasteiger partial charge in [-0.25, -0.2) is 0 Å². The Kier molecular flexibility index (Phi) is 5.39. The summed E-state index contributed by atoms with van der Waals surface area (Å²) in [5.74, 6) is 0.807. The van der Waals surface area contributed by atoms with Crippen molar-refractivity contribution in [3.63, 3.8) is 0 Å². The molecule has 1 aromatic heterocycles. The van der Waals surface area contributed by atoms with Crippen LogP contribution in [-0.2, 0) is 17.3 Å². The van der Waals surface area contributed by atoms with Crippen molar-refractivity contribution in [3.05, 3.63) is 21.9 Å². The van der Waals surface area contributed by atoms with Crippen molar-refractivity contribution in [3.8, 4) is 0 Å². The van der Waals surface area contributed by atoms with Crippen LogP contribution in [0.1, 0.15) is 43.0 Å². The number of hydrogen-bond acceptors (Lipinski definition) is 3. The summed E-state index contributed by atoms with van der Waals surface area (Å²) >= 11 is 1.83. The summed E-state index contributed by atoms with van der Waals surface area (Å²) in [6, 6.07) is 2.73. The first-order valence-corrected chi connectivity index (χ1v) is 9.10. The van der Waals surface area contributed by atoms with Gasteiger partial charge in [-0.3, -0.25) is 4.21 Å². The zero-order chi connectivity index (χ0) is 13.0. The first-order chi connectivity index (χ1) is 8.70. The van der Waals surface area contributed by atoms with Gasteiger partial charge in [0.25, 0.3) is 0 Å². The number of rotatable bonds is 5. The largest absolute Gasteiger partial charge is 0.309 e. The van der Waals surface area contributed by atoms with E-state index in [0.29, 0.717) is 11.3 Å². The minimum Gasteiger partial charge on any atom is -0.309 e. The van der Waals surface area contributed by atoms with Gasteiger partial charge in [0.05, 0.1) is 0 Å². The van der Waals surface area contributed by atoms with Crippen molar-refractivity contribution in [2.45, 2.75) is 57.4 Å². The Morgan fingerprint density at radius 2 is 2.33 bits per heavy atom. The van der Waals surface area contributed by atoms with Gasteiger partial charge in [-0.2, -0.15) is 0 Å². The van der Waals surface area contributed by atoms with Crippen LogP contribution < -0.4 is 5.32 Å². The molecule has 1 saturated carbocycles. The molecule has 18 heavy (non-hydrogen) atoms. The molecule has 0 amide bonds. The average molecular weight is 285 g/mol. The molecule has 1 aliphatic rings. The summed E-state index contributed by atoms with van der Waals surface area (Å²) in [6.07, 6.45) is 4.70. The van der Waals surface area contributed by atoms with E-state index in [-0.39, 0.29) is 0 Å². The molecule has 0 aromatic carbocycles. The number of thiophene rings is 1. The highest BCUT2D eigenvalue weighted by molar-refractivity contribution is 7.85. The molecule has 102 valence electrons. The molecule has 1 heterocycles. The third-order valence-corrected chi connectivity index (χ3v) is 6.57. The number of hydrogen-bond donors (Lipinski definition) is 1. The van der Waals surface area contributed by atoms with Gasteiger partial charge in [0.2, 0.25) is 0 Å². The fourth-order valence-corrected chi connectivity index (χ4v) is 4.83. The second-order valence-electron chi connectivity index (χ2n) is 5.06. The van der Waals surface area contributed by atoms with E-state index in [9.17, 15) is 4.21 Å². The first kappa shape index (κ1) is 14.2. The summed E-state index contributed by atoms with van der Waals surface area (Å²) in [7, 11) is -0.616. The SMILES string of the molecule is CCS(=O)C1CCCC(NCc2sccc2C)C1. The second kappa shape index (κ2) is 6.83. The lowest BCUT2D eigenvalue weighted by atomic mass is 9.95. The zero-order valence-corrected chi connectivity index (χ0v) is 12.9. The summed E-state index contributed by atoms with van der Waals surface area (Å²) in [5.41, 5.74) is 1.39. The van der Waals surface area contributed by atoms with Crippen molar-refractivity contribution in [2.24, 2.45) is 0 Å². The maximum absolute atomic E-state index is 11.9. The first-order valence-electron chi connectivity index (χ1n) is 6.84. The van der Waals surface area contributed by atoms with Gasteiger partial charge in [-0.1, -0.05) is 13.3 Å². The molecule has 0 radical (unpaired) electrons. The molecular weight excluding hydrogens is 262 g/mol. The van der Waals surface area contributed by atoms with Crippen LogP contribution in [0.15, 0.2) is 11.4 Å². The van der Waals surface area contributed by atoms with Crippen LogP contribution in [0.2, 0.25) is 0 Å². The Morgan fingerprint density at radius 3 is 3.00 bits per heavy atom. The average Bonchev–Trinajstić information content (AvgIpc) is 2.81. The van der Waals surface area contributed by atoms with Crippen LogP contribution in [0.5, 0.6) is 0 Å². The molecular formula is C14H23NOS2. The highest BCUT2D eigenvalue weighted by atomic mass is 32.2. The van der Waals surface area contributed by atoms with E-state index in [0.717, 1.165) is 25.1 Å². The van der Waals surface area contributed by atoms with E-state index in [4.69, 9.17) is 0 Å². The van der Waals surface area contributed by atoms with Crippen LogP contribution in [-0.4, -0.2) is 21.3 Å². The van der Waals surface area contributed by atoms with E-state index in [1.54, 1.807) is 0 Å². The van der Waals surface area contributed by atoms with Gasteiger partial charge in [-0.15, -0.1) is 11.3 Å². The third-order valence-electron chi connectivity index (χ3n) is 3.80. The summed E-state index contributed by atoms with van der Waals surface area (Å²) < 4.78 is 11.9. The van der Waals surface area contributed by atoms with Gasteiger partial charge in [-0.05, 0) is 43.2 Å². The molecule has 0 spiro atoms. The summed E-state index contributed by atoms with van der Waals surface area (Å²) in [6.45, 7) is 5.17. The van der Waals surface area contributed by atoms with E-state index in [2.05, 4.69) is 23.7 Å². The van der Waals surface area contributed by atoms with Crippen molar-refractivity contribution in [1.29, 1.82) is 0 Å². The van der Waals surface area contributed by atoms with Gasteiger partial charge in [0, 0.05) is 39.3 Å². The Balaban J connectivity index is 1.83. The molecule has 1 N–H and O–H groups in total. The lowest BCUT2D eigenvalue weighted by Crippen LogP contribution is -2.37. The van der Waals surface area contributed by atoms with Crippen LogP contribution in [0.3, 0.4) is 0 Å². The molecule has 1 fully saturated rings. The van der Waals surface area contributed by atoms with Gasteiger partial charge in [0.15, 0.2) is 0 Å². The smallest absolute Gasteiger partial charge is 0.0362 e. The van der Waals surface area contributed by atoms with Crippen LogP contribution in [0.4, 0.5) is 0 Å². The van der Waals surface area contributed by atoms with E-state index < -0.39 is 10.8 Å². The fraction of sp³-hybridized carbons (Fsp3) is 0.714. The van der Waals surface area contributed by atoms with Crippen molar-refractivity contribution >= 4 is 22.1 Å². The molecule has 1 aromatic rings. The maximum Gasteiger partial charge on any atom is 0.0362 e. The van der Waals surface area contributed by atoms with Crippen LogP contribution >= 0.6 is 11.3 Å². The predicted octanol–water partition coefficient (Wildman–Crippen LogP) is 3.23. The Bertz CT molecular complexity index is 402. The fourth-order valence-electron chi connectivity index (χ4n) is 2.63. The summed E-state index contributed by atoms with van der Waals surface area (Å²) in [4.78, 5) is 1.44. The van der Waals surface area contributed by atoms with Gasteiger partial charge in [0.1, 0.15) is 0 Å². The molecule has 3 unspecified atom stereocenters. The molecule has 0 saturated heterocycles. The standard InChI is InChI=1S/C14H23NOS2/c1-3-18(16)13-6-4-5-12(9-13)15-10-14-11(2)7-8-17-14/h7-8,12-13,15H,3-6,9-10H2,1-2H3. The van der Waals surface area contributed by atoms with Crippen LogP contribution in [0, 0.1) is 6.92 Å². The molecule has 1 aliphatic carbocycles. The number of nitrogens with one attached hydrogen (secondary N) is 1. The highest BCUT2D eigenvalue weighted by Crippen LogP contribution is 2.24. The van der Waals surface area contributed by atoms with Gasteiger partial charge >= 0.3 is 0 Å². The maximum atomic E-state index is 11.9. The van der Waals surface area contributed by atoms with Crippen LogP contribution in [0.25, 0.3) is 0 Å². The topological polar surface area (TPSA) is 29.1 Å². The minimum atomic E-state index is -0.616. The molecule has 4 heteroatoms. The Morgan fingerprint density at radius 1 is 1.50 bits per heavy atom. The van der Waals surface area contributed by atoms with Crippen molar-refractivity contribution in [1.82, 2.24) is 5.32 Å². The Hall–Kier alpha value is -0.190. The predicted molar refractivity (Wildman–Crippen MR) is 80.6 cm³/mol. The van der Waals surface area contributed by atoms with Crippen molar-refractivity contribution < 1.29 is 4.21 Å². The van der Waals surface area contributed by atoms with Gasteiger partial charge < -0.3 is 5.32 Å². The Labute approximate surface area is 117 Å². The quantitative estimate of drug-likeness (QED) is 0.900. The highest BCUT2D eigenvalue weighted by Gasteiger charge is 2.25. The minimum absolute atomic E-state index is 0.422. The molecule has 2 nitrogen and oxygen atoms in total. The molecule has 3 atom stereocenters. The van der Waals surface area contributed by atoms with E-state index >= 15 is 0 Å². The molecule has 0 aliphatic heterocycles. The van der Waals surface area contributed by atoms with E-state index in [1.165, 1.54) is 23.3 Å². The zero-order valence-electron chi connectivity index (χ0n) is 11.3. The number of aryl methyl sites for hydroxylation is 1. The third kappa shape index (κ3) is 3.65. The van der Waals surface area contributed by atoms with Crippen molar-refractivity contribution in [2.75, 3.05) is 5.75 Å². The van der Waals surface area contributed by atoms with E-state index in [1.807, 2.05) is 18.3 Å². The summed E-state index contributed by atoms with van der Waals surface area (Å²) in [5, 5.41) is 6.23. The second-order valence-corrected chi connectivity index (χ2v) is 8.07. The molecule has 0 bridgehead atoms. The molecule has 2 rings (SSSR count). The lowest BCUT2D eigenvalue weighted by Gasteiger charge is -2.29.